The summed E-state index contributed by atoms with van der Waals surface area (Å²) in [6, 6.07) is 40.4. The number of benzene rings is 5. The normalized spacial score (nSPS) is 12.1. The standard InChI is InChI=1S/C38H22N4OS/c1-3-12-33-27(9-1)29-11-6-16-39-38(29)42(33)23-7-5-8-24(19-23)43-25-14-15-26-30-22-36-31(28-10-2-4-13-35(28)44-36)21-34(30)41-18-17-40-37(41)32(26)20-25/h1-22H. The molecule has 5 heterocycles. The lowest BCUT2D eigenvalue weighted by Gasteiger charge is -2.13. The molecular weight excluding hydrogens is 561 g/mol. The van der Waals surface area contributed by atoms with Crippen molar-refractivity contribution in [1.82, 2.24) is 18.9 Å². The molecule has 10 aromatic rings. The minimum absolute atomic E-state index is 0.760. The maximum atomic E-state index is 6.53. The number of fused-ring (bicyclic) bond motifs is 12. The smallest absolute Gasteiger partial charge is 0.145 e. The number of ether oxygens (including phenoxy) is 1. The fourth-order valence-electron chi connectivity index (χ4n) is 6.76. The Bertz CT molecular complexity index is 2720. The number of aromatic nitrogens is 4. The summed E-state index contributed by atoms with van der Waals surface area (Å²) in [4.78, 5) is 9.52. The first kappa shape index (κ1) is 23.8. The molecule has 0 aliphatic heterocycles. The Kier molecular flexibility index (Phi) is 4.81. The third kappa shape index (κ3) is 3.34. The lowest BCUT2D eigenvalue weighted by Crippen LogP contribution is -1.96. The molecule has 0 amide bonds. The molecule has 0 N–H and O–H groups in total. The second kappa shape index (κ2) is 8.89. The maximum absolute atomic E-state index is 6.53. The molecule has 0 fully saturated rings. The van der Waals surface area contributed by atoms with E-state index in [0.717, 1.165) is 55.7 Å². The van der Waals surface area contributed by atoms with E-state index in [4.69, 9.17) is 14.7 Å². The van der Waals surface area contributed by atoms with Crippen molar-refractivity contribution in [3.63, 3.8) is 0 Å². The molecule has 5 aromatic carbocycles. The minimum atomic E-state index is 0.760. The molecule has 10 rings (SSSR count). The van der Waals surface area contributed by atoms with E-state index in [2.05, 4.69) is 106 Å². The van der Waals surface area contributed by atoms with Crippen LogP contribution in [0.15, 0.2) is 134 Å². The number of imidazole rings is 1. The largest absolute Gasteiger partial charge is 0.457 e. The number of para-hydroxylation sites is 1. The summed E-state index contributed by atoms with van der Waals surface area (Å²) in [6.07, 6.45) is 5.77. The van der Waals surface area contributed by atoms with Crippen LogP contribution in [0.1, 0.15) is 0 Å². The van der Waals surface area contributed by atoms with E-state index in [0.29, 0.717) is 0 Å². The van der Waals surface area contributed by atoms with Gasteiger partial charge in [-0.25, -0.2) is 9.97 Å². The van der Waals surface area contributed by atoms with Gasteiger partial charge >= 0.3 is 0 Å². The summed E-state index contributed by atoms with van der Waals surface area (Å²) in [5.41, 5.74) is 5.12. The molecule has 206 valence electrons. The number of nitrogens with zero attached hydrogens (tertiary/aromatic N) is 4. The Morgan fingerprint density at radius 3 is 2.32 bits per heavy atom. The van der Waals surface area contributed by atoms with E-state index in [1.165, 1.54) is 30.9 Å². The molecule has 44 heavy (non-hydrogen) atoms. The van der Waals surface area contributed by atoms with Crippen molar-refractivity contribution >= 4 is 80.8 Å². The van der Waals surface area contributed by atoms with Crippen LogP contribution in [0.2, 0.25) is 0 Å². The molecule has 0 bridgehead atoms. The molecule has 0 saturated heterocycles. The van der Waals surface area contributed by atoms with Crippen LogP contribution in [-0.2, 0) is 0 Å². The Morgan fingerprint density at radius 1 is 0.500 bits per heavy atom. The summed E-state index contributed by atoms with van der Waals surface area (Å²) < 4.78 is 13.5. The SMILES string of the molecule is c1cc(Oc2ccc3c4cc5sc6ccccc6c5cc4n4ccnc4c3c2)cc(-n2c3ccccc3c3cccnc32)c1. The molecule has 6 heteroatoms. The molecule has 5 nitrogen and oxygen atoms in total. The Morgan fingerprint density at radius 2 is 1.34 bits per heavy atom. The fourth-order valence-corrected chi connectivity index (χ4v) is 7.89. The van der Waals surface area contributed by atoms with E-state index < -0.39 is 0 Å². The molecule has 0 aliphatic rings. The molecular formula is C38H22N4OS. The number of hydrogen-bond donors (Lipinski definition) is 0. The highest BCUT2D eigenvalue weighted by atomic mass is 32.1. The molecule has 0 spiro atoms. The average Bonchev–Trinajstić information content (AvgIpc) is 3.78. The summed E-state index contributed by atoms with van der Waals surface area (Å²) in [5.74, 6) is 1.53. The predicted octanol–water partition coefficient (Wildman–Crippen LogP) is 10.3. The van der Waals surface area contributed by atoms with Gasteiger partial charge in [0, 0.05) is 66.4 Å². The second-order valence-electron chi connectivity index (χ2n) is 11.1. The van der Waals surface area contributed by atoms with E-state index in [1.807, 2.05) is 48.1 Å². The van der Waals surface area contributed by atoms with Crippen molar-refractivity contribution < 1.29 is 4.74 Å². The monoisotopic (exact) mass is 582 g/mol. The maximum Gasteiger partial charge on any atom is 0.145 e. The molecule has 0 saturated carbocycles. The first-order valence-corrected chi connectivity index (χ1v) is 15.4. The predicted molar refractivity (Wildman–Crippen MR) is 182 cm³/mol. The lowest BCUT2D eigenvalue weighted by atomic mass is 10.0. The summed E-state index contributed by atoms with van der Waals surface area (Å²) in [6.45, 7) is 0. The summed E-state index contributed by atoms with van der Waals surface area (Å²) >= 11 is 1.84. The van der Waals surface area contributed by atoms with Gasteiger partial charge in [-0.1, -0.05) is 42.5 Å². The Labute approximate surface area is 254 Å². The first-order chi connectivity index (χ1) is 21.8. The van der Waals surface area contributed by atoms with Gasteiger partial charge < -0.3 is 4.74 Å². The van der Waals surface area contributed by atoms with Crippen LogP contribution < -0.4 is 4.74 Å². The van der Waals surface area contributed by atoms with Gasteiger partial charge in [-0.2, -0.15) is 0 Å². The topological polar surface area (TPSA) is 44.4 Å². The van der Waals surface area contributed by atoms with Crippen LogP contribution >= 0.6 is 11.3 Å². The fraction of sp³-hybridized carbons (Fsp3) is 0. The van der Waals surface area contributed by atoms with E-state index in [-0.39, 0.29) is 0 Å². The number of hydrogen-bond acceptors (Lipinski definition) is 4. The molecule has 0 radical (unpaired) electrons. The van der Waals surface area contributed by atoms with E-state index in [9.17, 15) is 0 Å². The van der Waals surface area contributed by atoms with Gasteiger partial charge in [0.15, 0.2) is 0 Å². The lowest BCUT2D eigenvalue weighted by molar-refractivity contribution is 0.483. The quantitative estimate of drug-likeness (QED) is 0.195. The summed E-state index contributed by atoms with van der Waals surface area (Å²) in [7, 11) is 0. The minimum Gasteiger partial charge on any atom is -0.457 e. The third-order valence-electron chi connectivity index (χ3n) is 8.66. The van der Waals surface area contributed by atoms with Crippen LogP contribution in [0, 0.1) is 0 Å². The van der Waals surface area contributed by atoms with E-state index in [1.54, 1.807) is 0 Å². The second-order valence-corrected chi connectivity index (χ2v) is 12.2. The van der Waals surface area contributed by atoms with Gasteiger partial charge in [-0.05, 0) is 72.1 Å². The Balaban J connectivity index is 1.12. The van der Waals surface area contributed by atoms with Crippen LogP contribution in [0.5, 0.6) is 11.5 Å². The van der Waals surface area contributed by atoms with Gasteiger partial charge in [0.05, 0.1) is 16.7 Å². The first-order valence-electron chi connectivity index (χ1n) is 14.6. The zero-order valence-corrected chi connectivity index (χ0v) is 24.1. The molecule has 0 aliphatic carbocycles. The van der Waals surface area contributed by atoms with Gasteiger partial charge in [0.25, 0.3) is 0 Å². The van der Waals surface area contributed by atoms with E-state index >= 15 is 0 Å². The van der Waals surface area contributed by atoms with Gasteiger partial charge in [-0.15, -0.1) is 11.3 Å². The number of rotatable bonds is 3. The van der Waals surface area contributed by atoms with Gasteiger partial charge in [-0.3, -0.25) is 8.97 Å². The number of thiophene rings is 1. The van der Waals surface area contributed by atoms with Crippen molar-refractivity contribution in [3.8, 4) is 17.2 Å². The Hall–Kier alpha value is -5.72. The average molecular weight is 583 g/mol. The van der Waals surface area contributed by atoms with Crippen LogP contribution in [0.25, 0.3) is 75.1 Å². The zero-order valence-electron chi connectivity index (χ0n) is 23.3. The highest BCUT2D eigenvalue weighted by Crippen LogP contribution is 2.40. The van der Waals surface area contributed by atoms with Crippen LogP contribution in [0.3, 0.4) is 0 Å². The third-order valence-corrected chi connectivity index (χ3v) is 9.80. The van der Waals surface area contributed by atoms with Crippen molar-refractivity contribution in [2.24, 2.45) is 0 Å². The van der Waals surface area contributed by atoms with Crippen LogP contribution in [0.4, 0.5) is 0 Å². The zero-order chi connectivity index (χ0) is 28.8. The van der Waals surface area contributed by atoms with Gasteiger partial charge in [0.2, 0.25) is 0 Å². The van der Waals surface area contributed by atoms with Crippen molar-refractivity contribution in [3.05, 3.63) is 134 Å². The van der Waals surface area contributed by atoms with Crippen LogP contribution in [-0.4, -0.2) is 18.9 Å². The van der Waals surface area contributed by atoms with Gasteiger partial charge in [0.1, 0.15) is 22.8 Å². The number of pyridine rings is 2. The highest BCUT2D eigenvalue weighted by Gasteiger charge is 2.16. The van der Waals surface area contributed by atoms with Crippen molar-refractivity contribution in [1.29, 1.82) is 0 Å². The highest BCUT2D eigenvalue weighted by molar-refractivity contribution is 7.25. The summed E-state index contributed by atoms with van der Waals surface area (Å²) in [5, 5.41) is 8.32. The van der Waals surface area contributed by atoms with Crippen molar-refractivity contribution in [2.75, 3.05) is 0 Å². The molecule has 0 unspecified atom stereocenters. The molecule has 5 aromatic heterocycles. The molecule has 0 atom stereocenters. The van der Waals surface area contributed by atoms with Crippen molar-refractivity contribution in [2.45, 2.75) is 0 Å².